The quantitative estimate of drug-likeness (QED) is 0.754. The molecule has 1 amide bonds. The van der Waals surface area contributed by atoms with Gasteiger partial charge in [0.05, 0.1) is 5.56 Å². The molecule has 5 nitrogen and oxygen atoms in total. The lowest BCUT2D eigenvalue weighted by Gasteiger charge is -2.14. The van der Waals surface area contributed by atoms with Crippen molar-refractivity contribution in [2.75, 3.05) is 32.4 Å². The van der Waals surface area contributed by atoms with Gasteiger partial charge in [-0.15, -0.1) is 0 Å². The molecule has 0 saturated carbocycles. The summed E-state index contributed by atoms with van der Waals surface area (Å²) in [5, 5.41) is 2.80. The van der Waals surface area contributed by atoms with Gasteiger partial charge in [0.2, 0.25) is 0 Å². The zero-order chi connectivity index (χ0) is 12.0. The Labute approximate surface area is 95.7 Å². The van der Waals surface area contributed by atoms with E-state index < -0.39 is 0 Å². The van der Waals surface area contributed by atoms with Crippen molar-refractivity contribution in [3.63, 3.8) is 0 Å². The maximum absolute atomic E-state index is 11.7. The van der Waals surface area contributed by atoms with Crippen LogP contribution in [0.4, 0.5) is 5.69 Å². The Bertz CT molecular complexity index is 354. The Morgan fingerprint density at radius 3 is 3.00 bits per heavy atom. The number of pyridine rings is 1. The summed E-state index contributed by atoms with van der Waals surface area (Å²) >= 11 is 0. The monoisotopic (exact) mass is 222 g/mol. The highest BCUT2D eigenvalue weighted by molar-refractivity contribution is 5.98. The molecule has 0 aliphatic carbocycles. The first-order valence-electron chi connectivity index (χ1n) is 5.31. The second-order valence-electron chi connectivity index (χ2n) is 3.61. The number of likely N-dealkylation sites (N-methyl/N-ethyl adjacent to an activating group) is 1. The average Bonchev–Trinajstić information content (AvgIpc) is 2.29. The molecule has 1 aromatic rings. The minimum absolute atomic E-state index is 0.171. The number of nitrogens with one attached hydrogen (secondary N) is 1. The lowest BCUT2D eigenvalue weighted by Crippen LogP contribution is -2.33. The van der Waals surface area contributed by atoms with Crippen molar-refractivity contribution in [2.45, 2.75) is 6.92 Å². The lowest BCUT2D eigenvalue weighted by atomic mass is 10.2. The Balaban J connectivity index is 2.44. The number of aromatic nitrogens is 1. The van der Waals surface area contributed by atoms with E-state index in [0.29, 0.717) is 17.8 Å². The lowest BCUT2D eigenvalue weighted by molar-refractivity contribution is 0.0950. The number of rotatable bonds is 5. The molecule has 1 aromatic heterocycles. The normalized spacial score (nSPS) is 10.4. The molecule has 0 aliphatic heterocycles. The van der Waals surface area contributed by atoms with E-state index in [1.807, 2.05) is 7.05 Å². The molecule has 0 unspecified atom stereocenters. The van der Waals surface area contributed by atoms with Crippen molar-refractivity contribution in [2.24, 2.45) is 0 Å². The largest absolute Gasteiger partial charge is 0.398 e. The molecule has 0 atom stereocenters. The fourth-order valence-electron chi connectivity index (χ4n) is 1.21. The van der Waals surface area contributed by atoms with Crippen LogP contribution in [0, 0.1) is 0 Å². The van der Waals surface area contributed by atoms with E-state index in [1.165, 1.54) is 6.20 Å². The van der Waals surface area contributed by atoms with Crippen LogP contribution in [0.25, 0.3) is 0 Å². The van der Waals surface area contributed by atoms with Gasteiger partial charge in [-0.2, -0.15) is 0 Å². The van der Waals surface area contributed by atoms with Gasteiger partial charge in [0.25, 0.3) is 5.91 Å². The maximum atomic E-state index is 11.7. The van der Waals surface area contributed by atoms with E-state index >= 15 is 0 Å². The van der Waals surface area contributed by atoms with Gasteiger partial charge in [-0.05, 0) is 19.7 Å². The van der Waals surface area contributed by atoms with Gasteiger partial charge in [0.15, 0.2) is 0 Å². The zero-order valence-electron chi connectivity index (χ0n) is 9.73. The van der Waals surface area contributed by atoms with E-state index in [4.69, 9.17) is 5.73 Å². The number of nitrogens with zero attached hydrogens (tertiary/aromatic N) is 2. The number of anilines is 1. The number of nitrogen functional groups attached to an aromatic ring is 1. The number of nitrogens with two attached hydrogens (primary N) is 1. The molecule has 0 radical (unpaired) electrons. The van der Waals surface area contributed by atoms with Gasteiger partial charge in [0, 0.05) is 31.2 Å². The van der Waals surface area contributed by atoms with Gasteiger partial charge in [-0.1, -0.05) is 6.92 Å². The molecule has 0 aliphatic rings. The molecule has 1 heterocycles. The van der Waals surface area contributed by atoms with Gasteiger partial charge >= 0.3 is 0 Å². The van der Waals surface area contributed by atoms with Gasteiger partial charge in [-0.3, -0.25) is 9.78 Å². The van der Waals surface area contributed by atoms with Crippen LogP contribution in [0.3, 0.4) is 0 Å². The molecule has 0 spiro atoms. The molecule has 0 saturated heterocycles. The predicted molar refractivity (Wildman–Crippen MR) is 64.2 cm³/mol. The van der Waals surface area contributed by atoms with Crippen LogP contribution in [-0.4, -0.2) is 42.5 Å². The standard InChI is InChI=1S/C11H18N4O/c1-3-15(2)7-6-14-11(16)9-8-13-5-4-10(9)12/h4-5,8H,3,6-7H2,1-2H3,(H2,12,13)(H,14,16). The van der Waals surface area contributed by atoms with Crippen molar-refractivity contribution >= 4 is 11.6 Å². The van der Waals surface area contributed by atoms with E-state index in [0.717, 1.165) is 13.1 Å². The molecule has 88 valence electrons. The third kappa shape index (κ3) is 3.51. The van der Waals surface area contributed by atoms with Gasteiger partial charge in [0.1, 0.15) is 0 Å². The SMILES string of the molecule is CCN(C)CCNC(=O)c1cnccc1N. The molecule has 0 bridgehead atoms. The summed E-state index contributed by atoms with van der Waals surface area (Å²) < 4.78 is 0. The Morgan fingerprint density at radius 1 is 1.62 bits per heavy atom. The van der Waals surface area contributed by atoms with Crippen LogP contribution in [0.2, 0.25) is 0 Å². The summed E-state index contributed by atoms with van der Waals surface area (Å²) in [5.74, 6) is -0.171. The number of hydrogen-bond donors (Lipinski definition) is 2. The fraction of sp³-hybridized carbons (Fsp3) is 0.455. The topological polar surface area (TPSA) is 71.2 Å². The van der Waals surface area contributed by atoms with Crippen LogP contribution in [-0.2, 0) is 0 Å². The molecule has 5 heteroatoms. The average molecular weight is 222 g/mol. The summed E-state index contributed by atoms with van der Waals surface area (Å²) in [4.78, 5) is 17.7. The molecular formula is C11H18N4O. The maximum Gasteiger partial charge on any atom is 0.254 e. The van der Waals surface area contributed by atoms with Crippen LogP contribution >= 0.6 is 0 Å². The summed E-state index contributed by atoms with van der Waals surface area (Å²) in [6, 6.07) is 1.62. The highest BCUT2D eigenvalue weighted by atomic mass is 16.1. The Hall–Kier alpha value is -1.62. The first-order chi connectivity index (χ1) is 7.65. The zero-order valence-corrected chi connectivity index (χ0v) is 9.73. The van der Waals surface area contributed by atoms with E-state index in [2.05, 4.69) is 22.1 Å². The van der Waals surface area contributed by atoms with Crippen molar-refractivity contribution in [1.82, 2.24) is 15.2 Å². The molecule has 0 aromatic carbocycles. The Morgan fingerprint density at radius 2 is 2.38 bits per heavy atom. The van der Waals surface area contributed by atoms with Gasteiger partial charge < -0.3 is 16.0 Å². The molecule has 16 heavy (non-hydrogen) atoms. The Kier molecular flexibility index (Phi) is 4.72. The van der Waals surface area contributed by atoms with E-state index in [-0.39, 0.29) is 5.91 Å². The first kappa shape index (κ1) is 12.4. The summed E-state index contributed by atoms with van der Waals surface area (Å²) in [6.45, 7) is 4.46. The van der Waals surface area contributed by atoms with Crippen molar-refractivity contribution < 1.29 is 4.79 Å². The molecule has 3 N–H and O–H groups in total. The third-order valence-electron chi connectivity index (χ3n) is 2.42. The van der Waals surface area contributed by atoms with Crippen LogP contribution in [0.1, 0.15) is 17.3 Å². The second kappa shape index (κ2) is 6.07. The smallest absolute Gasteiger partial charge is 0.254 e. The van der Waals surface area contributed by atoms with Crippen LogP contribution < -0.4 is 11.1 Å². The number of carbonyl (C=O) groups is 1. The predicted octanol–water partition coefficient (Wildman–Crippen LogP) is 0.345. The summed E-state index contributed by atoms with van der Waals surface area (Å²) in [7, 11) is 2.00. The highest BCUT2D eigenvalue weighted by Gasteiger charge is 2.08. The molecule has 1 rings (SSSR count). The highest BCUT2D eigenvalue weighted by Crippen LogP contribution is 2.07. The summed E-state index contributed by atoms with van der Waals surface area (Å²) in [6.07, 6.45) is 3.05. The van der Waals surface area contributed by atoms with Crippen molar-refractivity contribution in [3.8, 4) is 0 Å². The summed E-state index contributed by atoms with van der Waals surface area (Å²) in [5.41, 5.74) is 6.55. The van der Waals surface area contributed by atoms with Crippen LogP contribution in [0.15, 0.2) is 18.5 Å². The minimum Gasteiger partial charge on any atom is -0.398 e. The number of amides is 1. The number of carbonyl (C=O) groups excluding carboxylic acids is 1. The fourth-order valence-corrected chi connectivity index (χ4v) is 1.21. The van der Waals surface area contributed by atoms with Crippen LogP contribution in [0.5, 0.6) is 0 Å². The first-order valence-corrected chi connectivity index (χ1v) is 5.31. The van der Waals surface area contributed by atoms with E-state index in [1.54, 1.807) is 12.3 Å². The van der Waals surface area contributed by atoms with E-state index in [9.17, 15) is 4.79 Å². The van der Waals surface area contributed by atoms with Crippen molar-refractivity contribution in [1.29, 1.82) is 0 Å². The third-order valence-corrected chi connectivity index (χ3v) is 2.42. The van der Waals surface area contributed by atoms with Crippen molar-refractivity contribution in [3.05, 3.63) is 24.0 Å². The minimum atomic E-state index is -0.171. The number of hydrogen-bond acceptors (Lipinski definition) is 4. The van der Waals surface area contributed by atoms with Gasteiger partial charge in [-0.25, -0.2) is 0 Å². The second-order valence-corrected chi connectivity index (χ2v) is 3.61. The molecule has 0 fully saturated rings. The molecular weight excluding hydrogens is 204 g/mol.